The molecule has 1 heterocycles. The van der Waals surface area contributed by atoms with E-state index >= 15 is 0 Å². The average Bonchev–Trinajstić information content (AvgIpc) is 3.21. The minimum Gasteiger partial charge on any atom is -0.352 e. The molecule has 3 rings (SSSR count). The summed E-state index contributed by atoms with van der Waals surface area (Å²) in [5.74, 6) is 1.23. The highest BCUT2D eigenvalue weighted by Crippen LogP contribution is 2.34. The first-order valence-corrected chi connectivity index (χ1v) is 8.17. The number of alkyl halides is 1. The SMILES string of the molecule is BrCCN(c1ncnc2c1CCCCC2)C1CC1. The van der Waals surface area contributed by atoms with Crippen LogP contribution in [0.1, 0.15) is 43.4 Å². The van der Waals surface area contributed by atoms with Gasteiger partial charge in [-0.25, -0.2) is 9.97 Å². The summed E-state index contributed by atoms with van der Waals surface area (Å²) in [6, 6.07) is 0.727. The van der Waals surface area contributed by atoms with Crippen LogP contribution in [-0.2, 0) is 12.8 Å². The zero-order valence-electron chi connectivity index (χ0n) is 10.7. The molecule has 0 atom stereocenters. The van der Waals surface area contributed by atoms with Crippen LogP contribution in [0.3, 0.4) is 0 Å². The fourth-order valence-electron chi connectivity index (χ4n) is 2.87. The Kier molecular flexibility index (Phi) is 3.83. The molecule has 2 aliphatic rings. The van der Waals surface area contributed by atoms with Gasteiger partial charge in [-0.05, 0) is 38.5 Å². The van der Waals surface area contributed by atoms with Crippen molar-refractivity contribution in [3.63, 3.8) is 0 Å². The molecule has 0 unspecified atom stereocenters. The highest BCUT2D eigenvalue weighted by atomic mass is 79.9. The predicted octanol–water partition coefficient (Wildman–Crippen LogP) is 3.11. The van der Waals surface area contributed by atoms with Crippen molar-refractivity contribution < 1.29 is 0 Å². The van der Waals surface area contributed by atoms with Gasteiger partial charge in [-0.15, -0.1) is 0 Å². The first-order chi connectivity index (χ1) is 8.90. The quantitative estimate of drug-likeness (QED) is 0.632. The molecule has 1 saturated carbocycles. The molecule has 0 spiro atoms. The van der Waals surface area contributed by atoms with Gasteiger partial charge in [0.1, 0.15) is 12.1 Å². The third kappa shape index (κ3) is 2.53. The van der Waals surface area contributed by atoms with Gasteiger partial charge in [-0.3, -0.25) is 0 Å². The standard InChI is InChI=1S/C14H20BrN3/c15-8-9-18(11-6-7-11)14-12-4-2-1-3-5-13(12)16-10-17-14/h10-11H,1-9H2. The lowest BCUT2D eigenvalue weighted by Gasteiger charge is -2.25. The van der Waals surface area contributed by atoms with Crippen molar-refractivity contribution in [2.45, 2.75) is 51.0 Å². The third-order valence-electron chi connectivity index (χ3n) is 3.94. The normalized spacial score (nSPS) is 19.2. The van der Waals surface area contributed by atoms with Gasteiger partial charge >= 0.3 is 0 Å². The van der Waals surface area contributed by atoms with Crippen molar-refractivity contribution in [1.82, 2.24) is 9.97 Å². The van der Waals surface area contributed by atoms with Gasteiger partial charge in [0.15, 0.2) is 0 Å². The second-order valence-electron chi connectivity index (χ2n) is 5.30. The van der Waals surface area contributed by atoms with Gasteiger partial charge in [0.25, 0.3) is 0 Å². The van der Waals surface area contributed by atoms with Crippen molar-refractivity contribution in [3.8, 4) is 0 Å². The molecular formula is C14H20BrN3. The van der Waals surface area contributed by atoms with E-state index in [4.69, 9.17) is 0 Å². The number of hydrogen-bond acceptors (Lipinski definition) is 3. The lowest BCUT2D eigenvalue weighted by atomic mass is 10.1. The highest BCUT2D eigenvalue weighted by Gasteiger charge is 2.31. The molecule has 3 nitrogen and oxygen atoms in total. The molecule has 0 radical (unpaired) electrons. The maximum absolute atomic E-state index is 4.61. The molecule has 1 fully saturated rings. The molecule has 2 aliphatic carbocycles. The Labute approximate surface area is 117 Å². The van der Waals surface area contributed by atoms with Crippen LogP contribution in [0, 0.1) is 0 Å². The summed E-state index contributed by atoms with van der Waals surface area (Å²) in [4.78, 5) is 11.6. The second kappa shape index (κ2) is 5.55. The number of nitrogens with zero attached hydrogens (tertiary/aromatic N) is 3. The van der Waals surface area contributed by atoms with Crippen LogP contribution in [0.5, 0.6) is 0 Å². The van der Waals surface area contributed by atoms with E-state index in [-0.39, 0.29) is 0 Å². The molecule has 0 saturated heterocycles. The Morgan fingerprint density at radius 3 is 2.78 bits per heavy atom. The van der Waals surface area contributed by atoms with E-state index in [0.717, 1.165) is 30.8 Å². The third-order valence-corrected chi connectivity index (χ3v) is 4.29. The smallest absolute Gasteiger partial charge is 0.135 e. The van der Waals surface area contributed by atoms with E-state index in [9.17, 15) is 0 Å². The fraction of sp³-hybridized carbons (Fsp3) is 0.714. The van der Waals surface area contributed by atoms with Crippen LogP contribution >= 0.6 is 15.9 Å². The number of anilines is 1. The van der Waals surface area contributed by atoms with Crippen LogP contribution in [0.2, 0.25) is 0 Å². The molecule has 0 N–H and O–H groups in total. The Morgan fingerprint density at radius 2 is 2.00 bits per heavy atom. The summed E-state index contributed by atoms with van der Waals surface area (Å²) in [6.45, 7) is 1.06. The second-order valence-corrected chi connectivity index (χ2v) is 6.09. The summed E-state index contributed by atoms with van der Waals surface area (Å²) in [5.41, 5.74) is 2.74. The summed E-state index contributed by atoms with van der Waals surface area (Å²) < 4.78 is 0. The predicted molar refractivity (Wildman–Crippen MR) is 77.5 cm³/mol. The van der Waals surface area contributed by atoms with Crippen LogP contribution < -0.4 is 4.90 Å². The Morgan fingerprint density at radius 1 is 1.17 bits per heavy atom. The molecule has 0 aromatic carbocycles. The number of fused-ring (bicyclic) bond motifs is 1. The van der Waals surface area contributed by atoms with E-state index in [0.29, 0.717) is 0 Å². The Hall–Kier alpha value is -0.640. The summed E-state index contributed by atoms with van der Waals surface area (Å²) in [6.07, 6.45) is 10.6. The van der Waals surface area contributed by atoms with Crippen LogP contribution in [0.4, 0.5) is 5.82 Å². The van der Waals surface area contributed by atoms with Gasteiger partial charge in [-0.1, -0.05) is 22.4 Å². The molecule has 4 heteroatoms. The minimum atomic E-state index is 0.727. The largest absolute Gasteiger partial charge is 0.352 e. The van der Waals surface area contributed by atoms with Crippen molar-refractivity contribution in [2.24, 2.45) is 0 Å². The molecule has 0 amide bonds. The van der Waals surface area contributed by atoms with Crippen molar-refractivity contribution in [2.75, 3.05) is 16.8 Å². The molecule has 1 aromatic heterocycles. The van der Waals surface area contributed by atoms with Crippen LogP contribution in [0.15, 0.2) is 6.33 Å². The molecule has 1 aromatic rings. The van der Waals surface area contributed by atoms with Crippen molar-refractivity contribution >= 4 is 21.7 Å². The summed E-state index contributed by atoms with van der Waals surface area (Å²) >= 11 is 3.57. The van der Waals surface area contributed by atoms with E-state index in [1.54, 1.807) is 6.33 Å². The topological polar surface area (TPSA) is 29.0 Å². The van der Waals surface area contributed by atoms with Gasteiger partial charge in [0.2, 0.25) is 0 Å². The number of hydrogen-bond donors (Lipinski definition) is 0. The van der Waals surface area contributed by atoms with Crippen molar-refractivity contribution in [1.29, 1.82) is 0 Å². The van der Waals surface area contributed by atoms with E-state index in [2.05, 4.69) is 30.8 Å². The lowest BCUT2D eigenvalue weighted by Crippen LogP contribution is -2.30. The summed E-state index contributed by atoms with van der Waals surface area (Å²) in [7, 11) is 0. The minimum absolute atomic E-state index is 0.727. The van der Waals surface area contributed by atoms with E-state index in [1.165, 1.54) is 49.2 Å². The fourth-order valence-corrected chi connectivity index (χ4v) is 3.25. The van der Waals surface area contributed by atoms with E-state index in [1.807, 2.05) is 0 Å². The molecular weight excluding hydrogens is 290 g/mol. The monoisotopic (exact) mass is 309 g/mol. The Balaban J connectivity index is 1.94. The van der Waals surface area contributed by atoms with Gasteiger partial charge < -0.3 is 4.90 Å². The number of halogens is 1. The first kappa shape index (κ1) is 12.4. The number of aromatic nitrogens is 2. The average molecular weight is 310 g/mol. The highest BCUT2D eigenvalue weighted by molar-refractivity contribution is 9.09. The molecule has 0 aliphatic heterocycles. The van der Waals surface area contributed by atoms with Crippen molar-refractivity contribution in [3.05, 3.63) is 17.6 Å². The Bertz CT molecular complexity index is 418. The first-order valence-electron chi connectivity index (χ1n) is 7.05. The summed E-state index contributed by atoms with van der Waals surface area (Å²) in [5, 5.41) is 1.02. The van der Waals surface area contributed by atoms with Crippen LogP contribution in [0.25, 0.3) is 0 Å². The molecule has 0 bridgehead atoms. The van der Waals surface area contributed by atoms with E-state index < -0.39 is 0 Å². The zero-order chi connectivity index (χ0) is 12.4. The lowest BCUT2D eigenvalue weighted by molar-refractivity contribution is 0.708. The molecule has 18 heavy (non-hydrogen) atoms. The maximum atomic E-state index is 4.61. The number of aryl methyl sites for hydroxylation is 1. The van der Waals surface area contributed by atoms with Gasteiger partial charge in [-0.2, -0.15) is 0 Å². The maximum Gasteiger partial charge on any atom is 0.135 e. The zero-order valence-corrected chi connectivity index (χ0v) is 12.3. The molecule has 98 valence electrons. The van der Waals surface area contributed by atoms with Crippen LogP contribution in [-0.4, -0.2) is 27.9 Å². The van der Waals surface area contributed by atoms with Gasteiger partial charge in [0, 0.05) is 29.2 Å². The van der Waals surface area contributed by atoms with Gasteiger partial charge in [0.05, 0.1) is 0 Å². The number of rotatable bonds is 4.